The molecule has 144 valence electrons. The Labute approximate surface area is 167 Å². The van der Waals surface area contributed by atoms with Gasteiger partial charge in [0.25, 0.3) is 5.95 Å². The second-order valence-corrected chi connectivity index (χ2v) is 7.30. The first-order chi connectivity index (χ1) is 13.7. The number of amides is 2. The Morgan fingerprint density at radius 2 is 1.82 bits per heavy atom. The minimum Gasteiger partial charge on any atom is -0.369 e. The lowest BCUT2D eigenvalue weighted by molar-refractivity contribution is 0.262. The summed E-state index contributed by atoms with van der Waals surface area (Å²) in [5.74, 6) is 0.462. The average Bonchev–Trinajstić information content (AvgIpc) is 3.40. The van der Waals surface area contributed by atoms with Gasteiger partial charge >= 0.3 is 6.03 Å². The zero-order valence-electron chi connectivity index (χ0n) is 15.5. The van der Waals surface area contributed by atoms with E-state index < -0.39 is 0 Å². The average molecular weight is 395 g/mol. The van der Waals surface area contributed by atoms with Gasteiger partial charge in [-0.25, -0.2) is 19.4 Å². The fourth-order valence-electron chi connectivity index (χ4n) is 3.06. The zero-order chi connectivity index (χ0) is 19.3. The lowest BCUT2D eigenvalue weighted by atomic mass is 10.3. The summed E-state index contributed by atoms with van der Waals surface area (Å²) in [6.45, 7) is 2.10. The Morgan fingerprint density at radius 1 is 1.07 bits per heavy atom. The molecule has 0 atom stereocenters. The summed E-state index contributed by atoms with van der Waals surface area (Å²) in [6.07, 6.45) is 11.3. The number of thioether (sulfide) groups is 1. The van der Waals surface area contributed by atoms with Crippen molar-refractivity contribution in [1.82, 2.24) is 19.7 Å². The van der Waals surface area contributed by atoms with Gasteiger partial charge in [0.15, 0.2) is 0 Å². The Kier molecular flexibility index (Phi) is 5.43. The van der Waals surface area contributed by atoms with Crippen LogP contribution in [0.2, 0.25) is 0 Å². The van der Waals surface area contributed by atoms with Gasteiger partial charge < -0.3 is 15.5 Å². The molecule has 0 radical (unpaired) electrons. The third kappa shape index (κ3) is 4.25. The molecule has 1 fully saturated rings. The van der Waals surface area contributed by atoms with Crippen LogP contribution in [0, 0.1) is 0 Å². The number of hydrogen-bond donors (Lipinski definition) is 2. The van der Waals surface area contributed by atoms with Crippen LogP contribution in [0.15, 0.2) is 53.9 Å². The molecular formula is C19H21N7OS. The predicted molar refractivity (Wildman–Crippen MR) is 111 cm³/mol. The summed E-state index contributed by atoms with van der Waals surface area (Å²) < 4.78 is 1.54. The number of anilines is 3. The fraction of sp³-hybridized carbons (Fsp3) is 0.263. The highest BCUT2D eigenvalue weighted by molar-refractivity contribution is 7.98. The smallest absolute Gasteiger partial charge is 0.323 e. The number of rotatable bonds is 5. The Balaban J connectivity index is 1.39. The second kappa shape index (κ2) is 8.30. The van der Waals surface area contributed by atoms with Crippen LogP contribution in [-0.2, 0) is 0 Å². The number of carbonyl (C=O) groups excluding carboxylic acids is 1. The molecule has 2 N–H and O–H groups in total. The highest BCUT2D eigenvalue weighted by Crippen LogP contribution is 2.20. The van der Waals surface area contributed by atoms with Crippen molar-refractivity contribution < 1.29 is 4.79 Å². The van der Waals surface area contributed by atoms with Gasteiger partial charge in [0.2, 0.25) is 0 Å². The normalized spacial score (nSPS) is 13.5. The Morgan fingerprint density at radius 3 is 2.57 bits per heavy atom. The Hall–Kier alpha value is -3.07. The molecule has 1 aliphatic rings. The highest BCUT2D eigenvalue weighted by atomic mass is 32.2. The first-order valence-electron chi connectivity index (χ1n) is 9.05. The second-order valence-electron chi connectivity index (χ2n) is 6.42. The first kappa shape index (κ1) is 18.3. The number of nitrogens with zero attached hydrogens (tertiary/aromatic N) is 5. The summed E-state index contributed by atoms with van der Waals surface area (Å²) >= 11 is 1.62. The molecule has 1 saturated heterocycles. The molecule has 3 aromatic rings. The minimum absolute atomic E-state index is 0.330. The molecule has 0 aliphatic carbocycles. The topological polar surface area (TPSA) is 88.0 Å². The minimum atomic E-state index is -0.330. The molecule has 2 aromatic heterocycles. The molecule has 0 spiro atoms. The number of carbonyl (C=O) groups is 1. The number of urea groups is 1. The van der Waals surface area contributed by atoms with E-state index in [4.69, 9.17) is 0 Å². The lowest BCUT2D eigenvalue weighted by Gasteiger charge is -2.16. The molecule has 3 heterocycles. The van der Waals surface area contributed by atoms with E-state index in [0.29, 0.717) is 11.6 Å². The molecule has 2 amide bonds. The maximum absolute atomic E-state index is 12.2. The van der Waals surface area contributed by atoms with E-state index in [-0.39, 0.29) is 6.03 Å². The van der Waals surface area contributed by atoms with Gasteiger partial charge in [0.1, 0.15) is 0 Å². The fourth-order valence-corrected chi connectivity index (χ4v) is 3.52. The summed E-state index contributed by atoms with van der Waals surface area (Å²) in [6, 6.07) is 7.33. The molecule has 4 rings (SSSR count). The zero-order valence-corrected chi connectivity index (χ0v) is 16.3. The van der Waals surface area contributed by atoms with Crippen molar-refractivity contribution in [2.75, 3.05) is 34.9 Å². The number of benzene rings is 1. The molecule has 0 unspecified atom stereocenters. The summed E-state index contributed by atoms with van der Waals surface area (Å²) in [7, 11) is 0. The van der Waals surface area contributed by atoms with Crippen molar-refractivity contribution in [3.05, 3.63) is 49.1 Å². The molecule has 1 aromatic carbocycles. The molecule has 1 aliphatic heterocycles. The van der Waals surface area contributed by atoms with E-state index in [1.54, 1.807) is 24.2 Å². The van der Waals surface area contributed by atoms with Crippen LogP contribution in [0.5, 0.6) is 0 Å². The first-order valence-corrected chi connectivity index (χ1v) is 10.3. The van der Waals surface area contributed by atoms with Crippen molar-refractivity contribution in [1.29, 1.82) is 0 Å². The molecule has 28 heavy (non-hydrogen) atoms. The van der Waals surface area contributed by atoms with E-state index in [2.05, 4.69) is 30.6 Å². The van der Waals surface area contributed by atoms with Crippen molar-refractivity contribution in [2.45, 2.75) is 17.7 Å². The van der Waals surface area contributed by atoms with Crippen LogP contribution in [0.25, 0.3) is 5.95 Å². The Bertz CT molecular complexity index is 951. The van der Waals surface area contributed by atoms with Crippen molar-refractivity contribution in [3.63, 3.8) is 0 Å². The summed E-state index contributed by atoms with van der Waals surface area (Å²) in [5, 5.41) is 9.82. The van der Waals surface area contributed by atoms with Gasteiger partial charge in [-0.15, -0.1) is 11.8 Å². The largest absolute Gasteiger partial charge is 0.369 e. The van der Waals surface area contributed by atoms with Crippen molar-refractivity contribution in [2.24, 2.45) is 0 Å². The molecule has 0 saturated carbocycles. The third-order valence-corrected chi connectivity index (χ3v) is 5.19. The standard InChI is InChI=1S/C19H21N7OS/c1-28-17-6-4-5-14(9-17)23-19(27)24-15-10-22-26(13-15)18-20-11-16(12-21-18)25-7-2-3-8-25/h4-6,9-13H,2-3,7-8H2,1H3,(H2,23,24,27). The van der Waals surface area contributed by atoms with Gasteiger partial charge in [0.05, 0.1) is 36.2 Å². The summed E-state index contributed by atoms with van der Waals surface area (Å²) in [5.41, 5.74) is 2.32. The maximum atomic E-state index is 12.2. The van der Waals surface area contributed by atoms with Crippen LogP contribution < -0.4 is 15.5 Å². The quantitative estimate of drug-likeness (QED) is 0.642. The number of hydrogen-bond acceptors (Lipinski definition) is 6. The SMILES string of the molecule is CSc1cccc(NC(=O)Nc2cnn(-c3ncc(N4CCCC4)cn3)c2)c1. The monoisotopic (exact) mass is 395 g/mol. The predicted octanol–water partition coefficient (Wildman–Crippen LogP) is 3.63. The van der Waals surface area contributed by atoms with Crippen LogP contribution in [0.1, 0.15) is 12.8 Å². The van der Waals surface area contributed by atoms with Gasteiger partial charge in [-0.05, 0) is 37.3 Å². The van der Waals surface area contributed by atoms with Crippen LogP contribution in [0.4, 0.5) is 21.9 Å². The van der Waals surface area contributed by atoms with Crippen LogP contribution in [0.3, 0.4) is 0 Å². The van der Waals surface area contributed by atoms with E-state index in [9.17, 15) is 4.79 Å². The number of nitrogens with one attached hydrogen (secondary N) is 2. The lowest BCUT2D eigenvalue weighted by Crippen LogP contribution is -2.19. The molecule has 0 bridgehead atoms. The summed E-state index contributed by atoms with van der Waals surface area (Å²) in [4.78, 5) is 24.4. The van der Waals surface area contributed by atoms with Crippen LogP contribution in [-0.4, -0.2) is 45.1 Å². The van der Waals surface area contributed by atoms with Gasteiger partial charge in [-0.2, -0.15) is 5.10 Å². The molecule has 9 heteroatoms. The van der Waals surface area contributed by atoms with E-state index in [0.717, 1.165) is 29.4 Å². The third-order valence-electron chi connectivity index (χ3n) is 4.47. The van der Waals surface area contributed by atoms with Crippen LogP contribution >= 0.6 is 11.8 Å². The van der Waals surface area contributed by atoms with Crippen molar-refractivity contribution >= 4 is 34.9 Å². The van der Waals surface area contributed by atoms with Crippen molar-refractivity contribution in [3.8, 4) is 5.95 Å². The van der Waals surface area contributed by atoms with E-state index in [1.807, 2.05) is 42.9 Å². The highest BCUT2D eigenvalue weighted by Gasteiger charge is 2.13. The van der Waals surface area contributed by atoms with Gasteiger partial charge in [-0.3, -0.25) is 0 Å². The molecular weight excluding hydrogens is 374 g/mol. The van der Waals surface area contributed by atoms with E-state index in [1.165, 1.54) is 17.5 Å². The molecule has 8 nitrogen and oxygen atoms in total. The van der Waals surface area contributed by atoms with Gasteiger partial charge in [0, 0.05) is 23.7 Å². The van der Waals surface area contributed by atoms with Gasteiger partial charge in [-0.1, -0.05) is 6.07 Å². The van der Waals surface area contributed by atoms with E-state index >= 15 is 0 Å². The maximum Gasteiger partial charge on any atom is 0.323 e. The number of aromatic nitrogens is 4.